The van der Waals surface area contributed by atoms with E-state index in [0.717, 1.165) is 22.4 Å². The van der Waals surface area contributed by atoms with Gasteiger partial charge in [-0.2, -0.15) is 0 Å². The van der Waals surface area contributed by atoms with Gasteiger partial charge < -0.3 is 9.88 Å². The van der Waals surface area contributed by atoms with Crippen molar-refractivity contribution in [3.05, 3.63) is 45.9 Å². The van der Waals surface area contributed by atoms with Gasteiger partial charge >= 0.3 is 0 Å². The number of rotatable bonds is 4. The topological polar surface area (TPSA) is 29.9 Å². The first kappa shape index (κ1) is 13.4. The summed E-state index contributed by atoms with van der Waals surface area (Å²) in [5.41, 5.74) is 2.16. The fourth-order valence-electron chi connectivity index (χ4n) is 1.73. The molecule has 0 saturated heterocycles. The molecule has 1 N–H and O–H groups in total. The molecule has 0 fully saturated rings. The minimum Gasteiger partial charge on any atom is -0.379 e. The van der Waals surface area contributed by atoms with E-state index in [9.17, 15) is 0 Å². The summed E-state index contributed by atoms with van der Waals surface area (Å²) in [6, 6.07) is 6.25. The van der Waals surface area contributed by atoms with Crippen molar-refractivity contribution in [1.82, 2.24) is 9.55 Å². The number of halogens is 2. The van der Waals surface area contributed by atoms with E-state index in [2.05, 4.69) is 44.6 Å². The number of hydrogen-bond acceptors (Lipinski definition) is 2. The van der Waals surface area contributed by atoms with Crippen molar-refractivity contribution in [2.24, 2.45) is 0 Å². The van der Waals surface area contributed by atoms with Gasteiger partial charge in [0.25, 0.3) is 0 Å². The lowest BCUT2D eigenvalue weighted by molar-refractivity contribution is 0.577. The Labute approximate surface area is 120 Å². The van der Waals surface area contributed by atoms with Crippen molar-refractivity contribution in [3.63, 3.8) is 0 Å². The van der Waals surface area contributed by atoms with E-state index in [1.165, 1.54) is 0 Å². The lowest BCUT2D eigenvalue weighted by Gasteiger charge is -2.13. The average Bonchev–Trinajstić information content (AvgIpc) is 2.79. The highest BCUT2D eigenvalue weighted by molar-refractivity contribution is 9.10. The van der Waals surface area contributed by atoms with Crippen LogP contribution in [-0.4, -0.2) is 9.55 Å². The molecule has 3 nitrogen and oxygen atoms in total. The first-order valence-electron chi connectivity index (χ1n) is 5.77. The maximum Gasteiger partial charge on any atom is 0.0951 e. The molecular formula is C13H15BrClN3. The molecule has 2 aromatic rings. The summed E-state index contributed by atoms with van der Waals surface area (Å²) in [7, 11) is 0. The summed E-state index contributed by atoms with van der Waals surface area (Å²) in [4.78, 5) is 4.18. The van der Waals surface area contributed by atoms with Crippen molar-refractivity contribution in [2.45, 2.75) is 26.4 Å². The third-order valence-corrected chi connectivity index (χ3v) is 3.93. The third-order valence-electron chi connectivity index (χ3n) is 2.70. The molecule has 0 aliphatic carbocycles. The normalized spacial score (nSPS) is 10.9. The SMILES string of the molecule is CC(C)n1cncc1CNc1ccc(Br)c(Cl)c1. The van der Waals surface area contributed by atoms with Gasteiger partial charge in [0.2, 0.25) is 0 Å². The molecule has 0 saturated carbocycles. The van der Waals surface area contributed by atoms with Gasteiger partial charge in [-0.1, -0.05) is 11.6 Å². The van der Waals surface area contributed by atoms with Crippen LogP contribution < -0.4 is 5.32 Å². The molecule has 0 unspecified atom stereocenters. The molecule has 0 aliphatic rings. The summed E-state index contributed by atoms with van der Waals surface area (Å²) < 4.78 is 3.05. The molecule has 0 radical (unpaired) electrons. The number of anilines is 1. The largest absolute Gasteiger partial charge is 0.379 e. The molecule has 0 aliphatic heterocycles. The first-order chi connectivity index (χ1) is 8.58. The minimum atomic E-state index is 0.415. The Morgan fingerprint density at radius 1 is 1.44 bits per heavy atom. The van der Waals surface area contributed by atoms with Crippen LogP contribution >= 0.6 is 27.5 Å². The predicted octanol–water partition coefficient (Wildman–Crippen LogP) is 4.49. The highest BCUT2D eigenvalue weighted by atomic mass is 79.9. The maximum atomic E-state index is 6.05. The zero-order chi connectivity index (χ0) is 13.1. The molecule has 1 aromatic heterocycles. The van der Waals surface area contributed by atoms with Crippen molar-refractivity contribution >= 4 is 33.2 Å². The maximum absolute atomic E-state index is 6.05. The van der Waals surface area contributed by atoms with Crippen LogP contribution in [0.15, 0.2) is 35.2 Å². The van der Waals surface area contributed by atoms with E-state index in [-0.39, 0.29) is 0 Å². The second kappa shape index (κ2) is 5.76. The number of imidazole rings is 1. The molecule has 1 aromatic carbocycles. The lowest BCUT2D eigenvalue weighted by Crippen LogP contribution is -2.08. The highest BCUT2D eigenvalue weighted by Crippen LogP contribution is 2.25. The van der Waals surface area contributed by atoms with Gasteiger partial charge in [-0.05, 0) is 48.0 Å². The van der Waals surface area contributed by atoms with E-state index in [0.29, 0.717) is 11.1 Å². The van der Waals surface area contributed by atoms with Crippen molar-refractivity contribution in [1.29, 1.82) is 0 Å². The molecular weight excluding hydrogens is 314 g/mol. The molecule has 2 rings (SSSR count). The molecule has 0 bridgehead atoms. The number of aromatic nitrogens is 2. The van der Waals surface area contributed by atoms with Crippen molar-refractivity contribution < 1.29 is 0 Å². The Kier molecular flexibility index (Phi) is 4.30. The molecule has 0 atom stereocenters. The average molecular weight is 329 g/mol. The monoisotopic (exact) mass is 327 g/mol. The zero-order valence-electron chi connectivity index (χ0n) is 10.3. The van der Waals surface area contributed by atoms with Crippen molar-refractivity contribution in [2.75, 3.05) is 5.32 Å². The predicted molar refractivity (Wildman–Crippen MR) is 79.1 cm³/mol. The van der Waals surface area contributed by atoms with Gasteiger partial charge in [0.05, 0.1) is 23.6 Å². The Balaban J connectivity index is 2.07. The number of nitrogens with one attached hydrogen (secondary N) is 1. The van der Waals surface area contributed by atoms with Crippen molar-refractivity contribution in [3.8, 4) is 0 Å². The van der Waals surface area contributed by atoms with E-state index < -0.39 is 0 Å². The molecule has 0 amide bonds. The molecule has 5 heteroatoms. The van der Waals surface area contributed by atoms with E-state index in [4.69, 9.17) is 11.6 Å². The number of benzene rings is 1. The summed E-state index contributed by atoms with van der Waals surface area (Å²) in [5, 5.41) is 4.05. The molecule has 18 heavy (non-hydrogen) atoms. The summed E-state index contributed by atoms with van der Waals surface area (Å²) in [6.07, 6.45) is 3.74. The van der Waals surface area contributed by atoms with Crippen LogP contribution in [0.4, 0.5) is 5.69 Å². The highest BCUT2D eigenvalue weighted by Gasteiger charge is 2.05. The number of nitrogens with zero attached hydrogens (tertiary/aromatic N) is 2. The summed E-state index contributed by atoms with van der Waals surface area (Å²) in [5.74, 6) is 0. The van der Waals surface area contributed by atoms with Crippen LogP contribution in [0.1, 0.15) is 25.6 Å². The molecule has 0 spiro atoms. The van der Waals surface area contributed by atoms with E-state index in [1.54, 1.807) is 0 Å². The second-order valence-corrected chi connectivity index (χ2v) is 5.63. The zero-order valence-corrected chi connectivity index (χ0v) is 12.7. The first-order valence-corrected chi connectivity index (χ1v) is 6.94. The molecule has 96 valence electrons. The van der Waals surface area contributed by atoms with Gasteiger partial charge in [-0.25, -0.2) is 4.98 Å². The Hall–Kier alpha value is -1.000. The smallest absolute Gasteiger partial charge is 0.0951 e. The summed E-state index contributed by atoms with van der Waals surface area (Å²) >= 11 is 9.43. The number of hydrogen-bond donors (Lipinski definition) is 1. The van der Waals surface area contributed by atoms with Crippen LogP contribution in [0.5, 0.6) is 0 Å². The van der Waals surface area contributed by atoms with Gasteiger partial charge in [-0.3, -0.25) is 0 Å². The van der Waals surface area contributed by atoms with Crippen LogP contribution in [0.25, 0.3) is 0 Å². The van der Waals surface area contributed by atoms with Crippen LogP contribution in [0.3, 0.4) is 0 Å². The lowest BCUT2D eigenvalue weighted by atomic mass is 10.3. The van der Waals surface area contributed by atoms with Crippen LogP contribution in [0, 0.1) is 0 Å². The fraction of sp³-hybridized carbons (Fsp3) is 0.308. The van der Waals surface area contributed by atoms with E-state index in [1.807, 2.05) is 30.7 Å². The van der Waals surface area contributed by atoms with Crippen LogP contribution in [-0.2, 0) is 6.54 Å². The van der Waals surface area contributed by atoms with Gasteiger partial charge in [0.1, 0.15) is 0 Å². The Bertz CT molecular complexity index is 537. The Morgan fingerprint density at radius 3 is 2.89 bits per heavy atom. The van der Waals surface area contributed by atoms with E-state index >= 15 is 0 Å². The standard InChI is InChI=1S/C13H15BrClN3/c1-9(2)18-8-16-6-11(18)7-17-10-3-4-12(14)13(15)5-10/h3-6,8-9,17H,7H2,1-2H3. The van der Waals surface area contributed by atoms with Gasteiger partial charge in [0.15, 0.2) is 0 Å². The fourth-order valence-corrected chi connectivity index (χ4v) is 2.16. The van der Waals surface area contributed by atoms with Gasteiger partial charge in [-0.15, -0.1) is 0 Å². The van der Waals surface area contributed by atoms with Crippen LogP contribution in [0.2, 0.25) is 5.02 Å². The third kappa shape index (κ3) is 3.06. The van der Waals surface area contributed by atoms with Gasteiger partial charge in [0, 0.05) is 22.4 Å². The molecule has 1 heterocycles. The Morgan fingerprint density at radius 2 is 2.22 bits per heavy atom. The quantitative estimate of drug-likeness (QED) is 0.896. The summed E-state index contributed by atoms with van der Waals surface area (Å²) in [6.45, 7) is 5.01. The minimum absolute atomic E-state index is 0.415. The second-order valence-electron chi connectivity index (χ2n) is 4.37.